The van der Waals surface area contributed by atoms with E-state index in [0.29, 0.717) is 19.7 Å². The maximum absolute atomic E-state index is 9.94. The molecule has 1 heterocycles. The lowest BCUT2D eigenvalue weighted by atomic mass is 10.2. The molecule has 2 N–H and O–H groups in total. The van der Waals surface area contributed by atoms with Crippen molar-refractivity contribution < 1.29 is 9.84 Å². The average molecular weight is 255 g/mol. The van der Waals surface area contributed by atoms with E-state index in [2.05, 4.69) is 30.3 Å². The highest BCUT2D eigenvalue weighted by Gasteiger charge is 2.10. The Hall–Kier alpha value is -0.910. The molecule has 0 aliphatic rings. The van der Waals surface area contributed by atoms with Crippen LogP contribution in [0.2, 0.25) is 0 Å². The molecule has 1 unspecified atom stereocenters. The average Bonchev–Trinajstić information content (AvgIpc) is 2.77. The van der Waals surface area contributed by atoms with Gasteiger partial charge in [-0.1, -0.05) is 13.8 Å². The van der Waals surface area contributed by atoms with Crippen LogP contribution in [0.15, 0.2) is 6.07 Å². The first kappa shape index (κ1) is 15.1. The molecule has 1 aromatic heterocycles. The number of aliphatic hydroxyl groups excluding tert-OH is 1. The first-order valence-corrected chi connectivity index (χ1v) is 6.64. The standard InChI is InChI=1S/C13H25N3O2/c1-4-11-8-12(5-2)16(15-11)10-13(17)9-14-6-7-18-3/h8,13-14,17H,4-7,9-10H2,1-3H3. The number of hydrogen-bond acceptors (Lipinski definition) is 4. The number of nitrogens with one attached hydrogen (secondary N) is 1. The van der Waals surface area contributed by atoms with Gasteiger partial charge in [0.15, 0.2) is 0 Å². The molecule has 104 valence electrons. The highest BCUT2D eigenvalue weighted by Crippen LogP contribution is 2.07. The molecule has 18 heavy (non-hydrogen) atoms. The third kappa shape index (κ3) is 4.76. The van der Waals surface area contributed by atoms with Crippen molar-refractivity contribution in [1.82, 2.24) is 15.1 Å². The summed E-state index contributed by atoms with van der Waals surface area (Å²) in [5.74, 6) is 0. The molecule has 0 bridgehead atoms. The quantitative estimate of drug-likeness (QED) is 0.635. The molecule has 1 aromatic rings. The Morgan fingerprint density at radius 2 is 2.22 bits per heavy atom. The van der Waals surface area contributed by atoms with E-state index < -0.39 is 6.10 Å². The Morgan fingerprint density at radius 3 is 2.83 bits per heavy atom. The summed E-state index contributed by atoms with van der Waals surface area (Å²) in [6, 6.07) is 2.12. The molecular formula is C13H25N3O2. The monoisotopic (exact) mass is 255 g/mol. The summed E-state index contributed by atoms with van der Waals surface area (Å²) >= 11 is 0. The van der Waals surface area contributed by atoms with Crippen LogP contribution in [0.3, 0.4) is 0 Å². The summed E-state index contributed by atoms with van der Waals surface area (Å²) in [5.41, 5.74) is 2.27. The third-order valence-corrected chi connectivity index (χ3v) is 2.89. The van der Waals surface area contributed by atoms with Gasteiger partial charge in [0.1, 0.15) is 0 Å². The smallest absolute Gasteiger partial charge is 0.0860 e. The minimum atomic E-state index is -0.420. The molecule has 0 amide bonds. The molecule has 1 atom stereocenters. The second-order valence-electron chi connectivity index (χ2n) is 4.37. The predicted octanol–water partition coefficient (Wildman–Crippen LogP) is 0.605. The second-order valence-corrected chi connectivity index (χ2v) is 4.37. The van der Waals surface area contributed by atoms with Gasteiger partial charge in [0.2, 0.25) is 0 Å². The van der Waals surface area contributed by atoms with E-state index in [1.807, 2.05) is 4.68 Å². The van der Waals surface area contributed by atoms with Gasteiger partial charge in [0.05, 0.1) is 24.9 Å². The van der Waals surface area contributed by atoms with Crippen molar-refractivity contribution in [3.05, 3.63) is 17.5 Å². The minimum Gasteiger partial charge on any atom is -0.390 e. The van der Waals surface area contributed by atoms with E-state index in [0.717, 1.165) is 25.1 Å². The fourth-order valence-corrected chi connectivity index (χ4v) is 1.84. The van der Waals surface area contributed by atoms with Gasteiger partial charge in [0, 0.05) is 25.9 Å². The number of rotatable bonds is 9. The number of methoxy groups -OCH3 is 1. The molecular weight excluding hydrogens is 230 g/mol. The molecule has 0 aliphatic carbocycles. The van der Waals surface area contributed by atoms with Crippen molar-refractivity contribution in [3.63, 3.8) is 0 Å². The SMILES string of the molecule is CCc1cc(CC)n(CC(O)CNCCOC)n1. The molecule has 5 nitrogen and oxygen atoms in total. The molecule has 0 aliphatic heterocycles. The van der Waals surface area contributed by atoms with Crippen molar-refractivity contribution in [3.8, 4) is 0 Å². The van der Waals surface area contributed by atoms with E-state index in [-0.39, 0.29) is 0 Å². The number of nitrogens with zero attached hydrogens (tertiary/aromatic N) is 2. The topological polar surface area (TPSA) is 59.3 Å². The zero-order valence-electron chi connectivity index (χ0n) is 11.6. The summed E-state index contributed by atoms with van der Waals surface area (Å²) in [6.45, 7) is 6.73. The first-order chi connectivity index (χ1) is 8.71. The lowest BCUT2D eigenvalue weighted by molar-refractivity contribution is 0.139. The number of aliphatic hydroxyl groups is 1. The van der Waals surface area contributed by atoms with Crippen LogP contribution in [0.1, 0.15) is 25.2 Å². The van der Waals surface area contributed by atoms with Crippen LogP contribution in [0.25, 0.3) is 0 Å². The van der Waals surface area contributed by atoms with Gasteiger partial charge in [0.25, 0.3) is 0 Å². The summed E-state index contributed by atoms with van der Waals surface area (Å²) in [6.07, 6.45) is 1.45. The minimum absolute atomic E-state index is 0.420. The van der Waals surface area contributed by atoms with E-state index in [1.54, 1.807) is 7.11 Å². The lowest BCUT2D eigenvalue weighted by Crippen LogP contribution is -2.32. The van der Waals surface area contributed by atoms with E-state index >= 15 is 0 Å². The van der Waals surface area contributed by atoms with Crippen molar-refractivity contribution >= 4 is 0 Å². The normalized spacial score (nSPS) is 12.9. The van der Waals surface area contributed by atoms with Crippen molar-refractivity contribution in [1.29, 1.82) is 0 Å². The fourth-order valence-electron chi connectivity index (χ4n) is 1.84. The van der Waals surface area contributed by atoms with Crippen LogP contribution in [-0.2, 0) is 24.1 Å². The Morgan fingerprint density at radius 1 is 1.44 bits per heavy atom. The highest BCUT2D eigenvalue weighted by molar-refractivity contribution is 5.10. The van der Waals surface area contributed by atoms with Gasteiger partial charge < -0.3 is 15.2 Å². The van der Waals surface area contributed by atoms with Crippen LogP contribution < -0.4 is 5.32 Å². The summed E-state index contributed by atoms with van der Waals surface area (Å²) in [7, 11) is 1.67. The molecule has 1 rings (SSSR count). The third-order valence-electron chi connectivity index (χ3n) is 2.89. The number of aromatic nitrogens is 2. The van der Waals surface area contributed by atoms with Crippen molar-refractivity contribution in [2.45, 2.75) is 39.3 Å². The molecule has 0 fully saturated rings. The molecule has 0 saturated heterocycles. The molecule has 5 heteroatoms. The summed E-state index contributed by atoms with van der Waals surface area (Å²) in [5, 5.41) is 17.6. The predicted molar refractivity (Wildman–Crippen MR) is 71.7 cm³/mol. The zero-order valence-corrected chi connectivity index (χ0v) is 11.6. The fraction of sp³-hybridized carbons (Fsp3) is 0.769. The van der Waals surface area contributed by atoms with Gasteiger partial charge in [-0.2, -0.15) is 5.10 Å². The lowest BCUT2D eigenvalue weighted by Gasteiger charge is -2.13. The van der Waals surface area contributed by atoms with Crippen molar-refractivity contribution in [2.24, 2.45) is 0 Å². The number of hydrogen-bond donors (Lipinski definition) is 2. The van der Waals surface area contributed by atoms with Gasteiger partial charge in [-0.3, -0.25) is 4.68 Å². The molecule has 0 aromatic carbocycles. The summed E-state index contributed by atoms with van der Waals surface area (Å²) < 4.78 is 6.85. The highest BCUT2D eigenvalue weighted by atomic mass is 16.5. The van der Waals surface area contributed by atoms with Gasteiger partial charge in [-0.05, 0) is 18.9 Å². The van der Waals surface area contributed by atoms with Crippen LogP contribution in [0.4, 0.5) is 0 Å². The van der Waals surface area contributed by atoms with E-state index in [9.17, 15) is 5.11 Å². The van der Waals surface area contributed by atoms with Crippen LogP contribution in [-0.4, -0.2) is 47.8 Å². The van der Waals surface area contributed by atoms with Gasteiger partial charge in [-0.25, -0.2) is 0 Å². The molecule has 0 spiro atoms. The van der Waals surface area contributed by atoms with E-state index in [1.165, 1.54) is 5.69 Å². The Labute approximate surface area is 109 Å². The van der Waals surface area contributed by atoms with E-state index in [4.69, 9.17) is 4.74 Å². The molecule has 0 saturated carbocycles. The summed E-state index contributed by atoms with van der Waals surface area (Å²) in [4.78, 5) is 0. The molecule has 0 radical (unpaired) electrons. The zero-order chi connectivity index (χ0) is 13.4. The maximum Gasteiger partial charge on any atom is 0.0860 e. The largest absolute Gasteiger partial charge is 0.390 e. The number of aryl methyl sites for hydroxylation is 2. The van der Waals surface area contributed by atoms with Crippen LogP contribution >= 0.6 is 0 Å². The number of ether oxygens (including phenoxy) is 1. The van der Waals surface area contributed by atoms with Crippen LogP contribution in [0.5, 0.6) is 0 Å². The Bertz CT molecular complexity index is 339. The Kier molecular flexibility index (Phi) is 6.93. The second kappa shape index (κ2) is 8.24. The van der Waals surface area contributed by atoms with Crippen LogP contribution in [0, 0.1) is 0 Å². The van der Waals surface area contributed by atoms with Gasteiger partial charge >= 0.3 is 0 Å². The van der Waals surface area contributed by atoms with Gasteiger partial charge in [-0.15, -0.1) is 0 Å². The maximum atomic E-state index is 9.94. The van der Waals surface area contributed by atoms with Crippen molar-refractivity contribution in [2.75, 3.05) is 26.8 Å². The Balaban J connectivity index is 2.42. The first-order valence-electron chi connectivity index (χ1n) is 6.64.